The van der Waals surface area contributed by atoms with E-state index in [1.807, 2.05) is 6.92 Å². The molecule has 0 spiro atoms. The molecule has 6 rings (SSSR count). The molecule has 0 aliphatic carbocycles. The summed E-state index contributed by atoms with van der Waals surface area (Å²) in [5, 5.41) is 7.06. The fourth-order valence-corrected chi connectivity index (χ4v) is 4.70. The zero-order chi connectivity index (χ0) is 23.8. The number of aliphatic imine (C=N–C) groups is 2. The van der Waals surface area contributed by atoms with E-state index in [2.05, 4.69) is 121 Å². The number of nitrogens with one attached hydrogen (secondary N) is 1. The summed E-state index contributed by atoms with van der Waals surface area (Å²) >= 11 is 0. The molecule has 3 heteroatoms. The molecule has 0 amide bonds. The van der Waals surface area contributed by atoms with E-state index < -0.39 is 0 Å². The molecule has 1 N–H and O–H groups in total. The van der Waals surface area contributed by atoms with Crippen LogP contribution < -0.4 is 0 Å². The summed E-state index contributed by atoms with van der Waals surface area (Å²) < 4.78 is 0. The maximum atomic E-state index is 5.13. The minimum Gasteiger partial charge on any atom is -0.353 e. The summed E-state index contributed by atoms with van der Waals surface area (Å²) in [5.74, 6) is 0. The molecule has 0 fully saturated rings. The van der Waals surface area contributed by atoms with E-state index in [9.17, 15) is 0 Å². The summed E-state index contributed by atoms with van der Waals surface area (Å²) in [5.41, 5.74) is 5.85. The first-order valence-corrected chi connectivity index (χ1v) is 11.9. The van der Waals surface area contributed by atoms with Crippen molar-refractivity contribution in [1.82, 2.24) is 4.98 Å². The van der Waals surface area contributed by atoms with Crippen LogP contribution in [0.25, 0.3) is 32.3 Å². The van der Waals surface area contributed by atoms with Crippen molar-refractivity contribution in [1.29, 1.82) is 0 Å². The Balaban J connectivity index is 1.40. The van der Waals surface area contributed by atoms with Crippen LogP contribution >= 0.6 is 0 Å². The lowest BCUT2D eigenvalue weighted by atomic mass is 10.0. The van der Waals surface area contributed by atoms with Crippen molar-refractivity contribution in [3.63, 3.8) is 0 Å². The molecule has 1 aromatic heterocycles. The standard InChI is InChI=1S/C32H25N3/c1-21(33-31-17-9-13-23-10-3-6-14-26(23)31)29-18-19-30(35-29)22(2)34-32-27-15-7-4-11-24(27)20-25-12-5-8-16-28(25)32/h3-20,35H,1-2H3. The first-order chi connectivity index (χ1) is 17.2. The number of aromatic nitrogens is 1. The largest absolute Gasteiger partial charge is 0.353 e. The molecule has 168 valence electrons. The van der Waals surface area contributed by atoms with Crippen molar-refractivity contribution in [3.8, 4) is 0 Å². The van der Waals surface area contributed by atoms with Crippen molar-refractivity contribution >= 4 is 55.1 Å². The van der Waals surface area contributed by atoms with Gasteiger partial charge >= 0.3 is 0 Å². The summed E-state index contributed by atoms with van der Waals surface area (Å²) in [6.07, 6.45) is 0. The van der Waals surface area contributed by atoms with Crippen molar-refractivity contribution in [2.75, 3.05) is 0 Å². The Morgan fingerprint density at radius 3 is 1.69 bits per heavy atom. The zero-order valence-electron chi connectivity index (χ0n) is 19.8. The molecule has 0 radical (unpaired) electrons. The lowest BCUT2D eigenvalue weighted by Gasteiger charge is -2.09. The maximum Gasteiger partial charge on any atom is 0.0790 e. The van der Waals surface area contributed by atoms with Gasteiger partial charge in [0.2, 0.25) is 0 Å². The average Bonchev–Trinajstić information content (AvgIpc) is 3.40. The SMILES string of the molecule is CC(=Nc1cccc2ccccc12)c1ccc(C(C)=Nc2c3ccccc3cc3ccccc23)[nH]1. The Labute approximate surface area is 204 Å². The highest BCUT2D eigenvalue weighted by molar-refractivity contribution is 6.13. The molecule has 0 atom stereocenters. The van der Waals surface area contributed by atoms with Gasteiger partial charge < -0.3 is 4.98 Å². The number of aromatic amines is 1. The number of H-pyrrole nitrogens is 1. The van der Waals surface area contributed by atoms with Gasteiger partial charge in [-0.25, -0.2) is 0 Å². The Kier molecular flexibility index (Phi) is 5.23. The topological polar surface area (TPSA) is 40.5 Å². The van der Waals surface area contributed by atoms with Crippen LogP contribution in [0.15, 0.2) is 119 Å². The molecule has 0 bridgehead atoms. The average molecular weight is 452 g/mol. The third-order valence-electron chi connectivity index (χ3n) is 6.54. The predicted octanol–water partition coefficient (Wildman–Crippen LogP) is 8.76. The lowest BCUT2D eigenvalue weighted by Crippen LogP contribution is -1.99. The van der Waals surface area contributed by atoms with E-state index in [1.165, 1.54) is 16.2 Å². The van der Waals surface area contributed by atoms with Crippen LogP contribution in [0.3, 0.4) is 0 Å². The molecule has 0 unspecified atom stereocenters. The number of hydrogen-bond donors (Lipinski definition) is 1. The van der Waals surface area contributed by atoms with E-state index >= 15 is 0 Å². The molecule has 3 nitrogen and oxygen atoms in total. The summed E-state index contributed by atoms with van der Waals surface area (Å²) in [6, 6.07) is 37.9. The normalized spacial score (nSPS) is 12.6. The van der Waals surface area contributed by atoms with Crippen molar-refractivity contribution in [3.05, 3.63) is 121 Å². The maximum absolute atomic E-state index is 5.13. The van der Waals surface area contributed by atoms with Crippen LogP contribution in [0, 0.1) is 0 Å². The second kappa shape index (κ2) is 8.69. The number of benzene rings is 5. The molecule has 0 saturated heterocycles. The van der Waals surface area contributed by atoms with Crippen molar-refractivity contribution in [2.24, 2.45) is 9.98 Å². The van der Waals surface area contributed by atoms with E-state index in [0.717, 1.165) is 50.3 Å². The second-order valence-electron chi connectivity index (χ2n) is 8.85. The monoisotopic (exact) mass is 451 g/mol. The molecule has 35 heavy (non-hydrogen) atoms. The number of nitrogens with zero attached hydrogens (tertiary/aromatic N) is 2. The van der Waals surface area contributed by atoms with Gasteiger partial charge in [0.15, 0.2) is 0 Å². The Morgan fingerprint density at radius 1 is 0.514 bits per heavy atom. The van der Waals surface area contributed by atoms with Gasteiger partial charge in [-0.1, -0.05) is 84.9 Å². The molecule has 0 saturated carbocycles. The molecule has 0 aliphatic rings. The van der Waals surface area contributed by atoms with E-state index in [4.69, 9.17) is 9.98 Å². The van der Waals surface area contributed by atoms with Gasteiger partial charge in [-0.15, -0.1) is 0 Å². The minimum absolute atomic E-state index is 0.940. The lowest BCUT2D eigenvalue weighted by molar-refractivity contribution is 1.31. The predicted molar refractivity (Wildman–Crippen MR) is 150 cm³/mol. The minimum atomic E-state index is 0.940. The van der Waals surface area contributed by atoms with E-state index in [1.54, 1.807) is 0 Å². The first kappa shape index (κ1) is 21.1. The summed E-state index contributed by atoms with van der Waals surface area (Å²) in [7, 11) is 0. The highest BCUT2D eigenvalue weighted by Crippen LogP contribution is 2.35. The number of hydrogen-bond acceptors (Lipinski definition) is 2. The molecule has 5 aromatic carbocycles. The van der Waals surface area contributed by atoms with Gasteiger partial charge in [-0.3, -0.25) is 9.98 Å². The van der Waals surface area contributed by atoms with Crippen LogP contribution in [0.5, 0.6) is 0 Å². The Hall–Kier alpha value is -4.50. The third-order valence-corrected chi connectivity index (χ3v) is 6.54. The van der Waals surface area contributed by atoms with Gasteiger partial charge in [-0.2, -0.15) is 0 Å². The van der Waals surface area contributed by atoms with Crippen LogP contribution in [-0.2, 0) is 0 Å². The fourth-order valence-electron chi connectivity index (χ4n) is 4.70. The quantitative estimate of drug-likeness (QED) is 0.206. The zero-order valence-corrected chi connectivity index (χ0v) is 19.8. The smallest absolute Gasteiger partial charge is 0.0790 e. The highest BCUT2D eigenvalue weighted by atomic mass is 14.8. The Bertz CT molecular complexity index is 1710. The van der Waals surface area contributed by atoms with E-state index in [0.29, 0.717) is 0 Å². The van der Waals surface area contributed by atoms with Gasteiger partial charge in [0, 0.05) is 16.2 Å². The molecule has 1 heterocycles. The van der Waals surface area contributed by atoms with Gasteiger partial charge in [0.05, 0.1) is 34.2 Å². The molecular weight excluding hydrogens is 426 g/mol. The molecule has 0 aliphatic heterocycles. The fraction of sp³-hybridized carbons (Fsp3) is 0.0625. The highest BCUT2D eigenvalue weighted by Gasteiger charge is 2.10. The molecule has 6 aromatic rings. The number of rotatable bonds is 4. The van der Waals surface area contributed by atoms with Gasteiger partial charge in [0.25, 0.3) is 0 Å². The first-order valence-electron chi connectivity index (χ1n) is 11.9. The van der Waals surface area contributed by atoms with E-state index in [-0.39, 0.29) is 0 Å². The number of fused-ring (bicyclic) bond motifs is 3. The summed E-state index contributed by atoms with van der Waals surface area (Å²) in [6.45, 7) is 4.10. The van der Waals surface area contributed by atoms with Crippen LogP contribution in [-0.4, -0.2) is 16.4 Å². The molecular formula is C32H25N3. The second-order valence-corrected chi connectivity index (χ2v) is 8.85. The summed E-state index contributed by atoms with van der Waals surface area (Å²) in [4.78, 5) is 13.6. The van der Waals surface area contributed by atoms with Crippen LogP contribution in [0.4, 0.5) is 11.4 Å². The van der Waals surface area contributed by atoms with Gasteiger partial charge in [-0.05, 0) is 54.3 Å². The Morgan fingerprint density at radius 2 is 1.03 bits per heavy atom. The van der Waals surface area contributed by atoms with Gasteiger partial charge in [0.1, 0.15) is 0 Å². The van der Waals surface area contributed by atoms with Crippen LogP contribution in [0.2, 0.25) is 0 Å². The third kappa shape index (κ3) is 3.91. The van der Waals surface area contributed by atoms with Crippen molar-refractivity contribution in [2.45, 2.75) is 13.8 Å². The van der Waals surface area contributed by atoms with Crippen LogP contribution in [0.1, 0.15) is 25.2 Å². The van der Waals surface area contributed by atoms with Crippen molar-refractivity contribution < 1.29 is 0 Å².